The predicted octanol–water partition coefficient (Wildman–Crippen LogP) is 1.03. The number of rotatable bonds is 7. The molecule has 1 fully saturated rings. The van der Waals surface area contributed by atoms with Crippen molar-refractivity contribution in [2.45, 2.75) is 25.7 Å². The van der Waals surface area contributed by atoms with Gasteiger partial charge in [0.2, 0.25) is 0 Å². The second-order valence-corrected chi connectivity index (χ2v) is 5.00. The lowest BCUT2D eigenvalue weighted by Crippen LogP contribution is -2.30. The zero-order valence-electron chi connectivity index (χ0n) is 10.4. The number of hydrogen-bond acceptors (Lipinski definition) is 3. The third-order valence-corrected chi connectivity index (χ3v) is 3.34. The van der Waals surface area contributed by atoms with Gasteiger partial charge in [-0.05, 0) is 58.9 Å². The van der Waals surface area contributed by atoms with E-state index in [0.717, 1.165) is 45.3 Å². The highest BCUT2D eigenvalue weighted by Crippen LogP contribution is 2.31. The van der Waals surface area contributed by atoms with Crippen LogP contribution in [0, 0.1) is 11.8 Å². The van der Waals surface area contributed by atoms with Gasteiger partial charge in [0.1, 0.15) is 0 Å². The first-order chi connectivity index (χ1) is 7.61. The fourth-order valence-electron chi connectivity index (χ4n) is 2.41. The van der Waals surface area contributed by atoms with Gasteiger partial charge >= 0.3 is 5.97 Å². The smallest absolute Gasteiger partial charge is 0.306 e. The van der Waals surface area contributed by atoms with Crippen molar-refractivity contribution in [2.75, 3.05) is 33.7 Å². The highest BCUT2D eigenvalue weighted by Gasteiger charge is 2.32. The molecule has 1 rings (SSSR count). The summed E-state index contributed by atoms with van der Waals surface area (Å²) in [6.45, 7) is 2.94. The Kier molecular flexibility index (Phi) is 5.77. The van der Waals surface area contributed by atoms with E-state index in [1.54, 1.807) is 0 Å². The van der Waals surface area contributed by atoms with E-state index >= 15 is 0 Å². The summed E-state index contributed by atoms with van der Waals surface area (Å²) < 4.78 is 0. The first-order valence-electron chi connectivity index (χ1n) is 6.19. The SMILES string of the molecule is CN(C)CCCNCC1CCCC1C(=O)O. The van der Waals surface area contributed by atoms with Crippen LogP contribution in [0.5, 0.6) is 0 Å². The van der Waals surface area contributed by atoms with Crippen LogP contribution in [0.2, 0.25) is 0 Å². The number of nitrogens with one attached hydrogen (secondary N) is 1. The van der Waals surface area contributed by atoms with Crippen LogP contribution in [-0.4, -0.2) is 49.7 Å². The van der Waals surface area contributed by atoms with Crippen molar-refractivity contribution in [3.8, 4) is 0 Å². The minimum absolute atomic E-state index is 0.110. The van der Waals surface area contributed by atoms with Crippen molar-refractivity contribution in [1.29, 1.82) is 0 Å². The molecule has 0 aromatic heterocycles. The van der Waals surface area contributed by atoms with E-state index in [-0.39, 0.29) is 5.92 Å². The second-order valence-electron chi connectivity index (χ2n) is 5.00. The number of carboxylic acids is 1. The largest absolute Gasteiger partial charge is 0.481 e. The third-order valence-electron chi connectivity index (χ3n) is 3.34. The Labute approximate surface area is 98.0 Å². The molecule has 0 radical (unpaired) electrons. The van der Waals surface area contributed by atoms with Crippen molar-refractivity contribution in [3.05, 3.63) is 0 Å². The second kappa shape index (κ2) is 6.86. The van der Waals surface area contributed by atoms with Gasteiger partial charge in [0, 0.05) is 0 Å². The lowest BCUT2D eigenvalue weighted by Gasteiger charge is -2.16. The first kappa shape index (κ1) is 13.5. The Morgan fingerprint density at radius 1 is 1.44 bits per heavy atom. The minimum atomic E-state index is -0.613. The van der Waals surface area contributed by atoms with E-state index in [1.165, 1.54) is 0 Å². The van der Waals surface area contributed by atoms with Gasteiger partial charge in [-0.15, -0.1) is 0 Å². The molecule has 0 aromatic carbocycles. The normalized spacial score (nSPS) is 25.2. The maximum absolute atomic E-state index is 11.0. The number of carbonyl (C=O) groups is 1. The maximum atomic E-state index is 11.0. The Hall–Kier alpha value is -0.610. The maximum Gasteiger partial charge on any atom is 0.306 e. The first-order valence-corrected chi connectivity index (χ1v) is 6.19. The summed E-state index contributed by atoms with van der Waals surface area (Å²) in [5.41, 5.74) is 0. The van der Waals surface area contributed by atoms with Gasteiger partial charge in [0.25, 0.3) is 0 Å². The molecule has 4 heteroatoms. The lowest BCUT2D eigenvalue weighted by atomic mass is 9.96. The summed E-state index contributed by atoms with van der Waals surface area (Å²) in [7, 11) is 4.13. The fraction of sp³-hybridized carbons (Fsp3) is 0.917. The predicted molar refractivity (Wildman–Crippen MR) is 64.5 cm³/mol. The average Bonchev–Trinajstić information content (AvgIpc) is 2.65. The molecule has 2 atom stereocenters. The summed E-state index contributed by atoms with van der Waals surface area (Å²) >= 11 is 0. The number of aliphatic carboxylic acids is 1. The summed E-state index contributed by atoms with van der Waals surface area (Å²) in [4.78, 5) is 13.1. The van der Waals surface area contributed by atoms with Crippen molar-refractivity contribution in [3.63, 3.8) is 0 Å². The van der Waals surface area contributed by atoms with Crippen LogP contribution in [0.25, 0.3) is 0 Å². The quantitative estimate of drug-likeness (QED) is 0.639. The molecule has 2 N–H and O–H groups in total. The zero-order chi connectivity index (χ0) is 12.0. The monoisotopic (exact) mass is 228 g/mol. The van der Waals surface area contributed by atoms with Gasteiger partial charge in [0.15, 0.2) is 0 Å². The molecule has 4 nitrogen and oxygen atoms in total. The average molecular weight is 228 g/mol. The van der Waals surface area contributed by atoms with Crippen molar-refractivity contribution in [2.24, 2.45) is 11.8 Å². The van der Waals surface area contributed by atoms with Crippen LogP contribution in [0.4, 0.5) is 0 Å². The Balaban J connectivity index is 2.10. The zero-order valence-corrected chi connectivity index (χ0v) is 10.4. The third kappa shape index (κ3) is 4.49. The molecule has 1 aliphatic carbocycles. The highest BCUT2D eigenvalue weighted by molar-refractivity contribution is 5.70. The van der Waals surface area contributed by atoms with E-state index in [9.17, 15) is 4.79 Å². The molecule has 1 saturated carbocycles. The minimum Gasteiger partial charge on any atom is -0.481 e. The van der Waals surface area contributed by atoms with Gasteiger partial charge in [-0.3, -0.25) is 4.79 Å². The van der Waals surface area contributed by atoms with Crippen LogP contribution in [0.15, 0.2) is 0 Å². The summed E-state index contributed by atoms with van der Waals surface area (Å²) in [5.74, 6) is -0.379. The number of hydrogen-bond donors (Lipinski definition) is 2. The molecule has 2 unspecified atom stereocenters. The standard InChI is InChI=1S/C12H24N2O2/c1-14(2)8-4-7-13-9-10-5-3-6-11(10)12(15)16/h10-11,13H,3-9H2,1-2H3,(H,15,16). The summed E-state index contributed by atoms with van der Waals surface area (Å²) in [5, 5.41) is 12.4. The fourth-order valence-corrected chi connectivity index (χ4v) is 2.41. The molecule has 0 amide bonds. The molecule has 0 aliphatic heterocycles. The van der Waals surface area contributed by atoms with E-state index < -0.39 is 5.97 Å². The topological polar surface area (TPSA) is 52.6 Å². The van der Waals surface area contributed by atoms with Crippen LogP contribution in [0.3, 0.4) is 0 Å². The molecule has 0 bridgehead atoms. The van der Waals surface area contributed by atoms with Crippen LogP contribution in [0.1, 0.15) is 25.7 Å². The molecule has 94 valence electrons. The van der Waals surface area contributed by atoms with E-state index in [1.807, 2.05) is 0 Å². The van der Waals surface area contributed by atoms with Crippen molar-refractivity contribution >= 4 is 5.97 Å². The molecular formula is C12H24N2O2. The van der Waals surface area contributed by atoms with Crippen LogP contribution in [-0.2, 0) is 4.79 Å². The molecule has 1 aliphatic rings. The number of carboxylic acid groups (broad SMARTS) is 1. The molecule has 0 saturated heterocycles. The Morgan fingerprint density at radius 2 is 2.19 bits per heavy atom. The van der Waals surface area contributed by atoms with Gasteiger partial charge < -0.3 is 15.3 Å². The van der Waals surface area contributed by atoms with Crippen molar-refractivity contribution < 1.29 is 9.90 Å². The van der Waals surface area contributed by atoms with Crippen molar-refractivity contribution in [1.82, 2.24) is 10.2 Å². The molecular weight excluding hydrogens is 204 g/mol. The van der Waals surface area contributed by atoms with Crippen LogP contribution < -0.4 is 5.32 Å². The lowest BCUT2D eigenvalue weighted by molar-refractivity contribution is -0.142. The summed E-state index contributed by atoms with van der Waals surface area (Å²) in [6, 6.07) is 0. The molecule has 16 heavy (non-hydrogen) atoms. The van der Waals surface area contributed by atoms with Gasteiger partial charge in [-0.2, -0.15) is 0 Å². The number of nitrogens with zero attached hydrogens (tertiary/aromatic N) is 1. The van der Waals surface area contributed by atoms with Crippen LogP contribution >= 0.6 is 0 Å². The van der Waals surface area contributed by atoms with Gasteiger partial charge in [0.05, 0.1) is 5.92 Å². The van der Waals surface area contributed by atoms with E-state index in [4.69, 9.17) is 5.11 Å². The molecule has 0 aromatic rings. The Bertz CT molecular complexity index is 219. The van der Waals surface area contributed by atoms with Gasteiger partial charge in [-0.25, -0.2) is 0 Å². The molecule has 0 spiro atoms. The van der Waals surface area contributed by atoms with E-state index in [0.29, 0.717) is 5.92 Å². The Morgan fingerprint density at radius 3 is 2.81 bits per heavy atom. The highest BCUT2D eigenvalue weighted by atomic mass is 16.4. The van der Waals surface area contributed by atoms with Gasteiger partial charge in [-0.1, -0.05) is 6.42 Å². The molecule has 0 heterocycles. The van der Waals surface area contributed by atoms with E-state index in [2.05, 4.69) is 24.3 Å². The summed E-state index contributed by atoms with van der Waals surface area (Å²) in [6.07, 6.45) is 4.12.